The summed E-state index contributed by atoms with van der Waals surface area (Å²) in [7, 11) is 0. The molecule has 5 rings (SSSR count). The number of piperidine rings is 1. The minimum atomic E-state index is 0.0690. The van der Waals surface area contributed by atoms with Crippen LogP contribution in [0.3, 0.4) is 0 Å². The van der Waals surface area contributed by atoms with Crippen molar-refractivity contribution in [2.45, 2.75) is 147 Å². The Morgan fingerprint density at radius 3 is 2.63 bits per heavy atom. The van der Waals surface area contributed by atoms with Crippen LogP contribution in [0.1, 0.15) is 129 Å². The number of nitrogens with one attached hydrogen (secondary N) is 2. The molecule has 0 aromatic rings. The summed E-state index contributed by atoms with van der Waals surface area (Å²) in [4.78, 5) is 18.0. The van der Waals surface area contributed by atoms with Crippen LogP contribution in [0.4, 0.5) is 0 Å². The second-order valence-electron chi connectivity index (χ2n) is 12.3. The van der Waals surface area contributed by atoms with Crippen LogP contribution < -0.4 is 10.7 Å². The first-order chi connectivity index (χ1) is 17.2. The number of ketones is 1. The summed E-state index contributed by atoms with van der Waals surface area (Å²) in [5.41, 5.74) is 5.33. The van der Waals surface area contributed by atoms with E-state index in [4.69, 9.17) is 4.99 Å². The molecule has 1 saturated heterocycles. The number of carbonyl (C=O) groups is 1. The molecule has 0 bridgehead atoms. The smallest absolute Gasteiger partial charge is 0.172 e. The van der Waals surface area contributed by atoms with Crippen LogP contribution >= 0.6 is 0 Å². The van der Waals surface area contributed by atoms with Crippen molar-refractivity contribution in [2.75, 3.05) is 0 Å². The average molecular weight is 483 g/mol. The average Bonchev–Trinajstić information content (AvgIpc) is 3.30. The normalized spacial score (nSPS) is 34.3. The summed E-state index contributed by atoms with van der Waals surface area (Å²) in [5, 5.41) is 6.22. The lowest BCUT2D eigenvalue weighted by Gasteiger charge is -2.42. The number of fused-ring (bicyclic) bond motifs is 1. The predicted octanol–water partition coefficient (Wildman–Crippen LogP) is 6.65. The maximum Gasteiger partial charge on any atom is 0.172 e. The van der Waals surface area contributed by atoms with Gasteiger partial charge in [0.05, 0.1) is 0 Å². The van der Waals surface area contributed by atoms with Crippen LogP contribution in [0.15, 0.2) is 16.6 Å². The molecule has 5 aliphatic rings. The fourth-order valence-corrected chi connectivity index (χ4v) is 7.71. The Bertz CT molecular complexity index is 762. The summed E-state index contributed by atoms with van der Waals surface area (Å²) in [6.07, 6.45) is 25.8. The van der Waals surface area contributed by atoms with Crippen molar-refractivity contribution < 1.29 is 4.79 Å². The van der Waals surface area contributed by atoms with Crippen molar-refractivity contribution in [2.24, 2.45) is 22.7 Å². The van der Waals surface area contributed by atoms with Gasteiger partial charge in [0.2, 0.25) is 0 Å². The lowest BCUT2D eigenvalue weighted by molar-refractivity contribution is -0.124. The van der Waals surface area contributed by atoms with Gasteiger partial charge in [-0.2, -0.15) is 5.43 Å². The number of allylic oxidation sites excluding steroid dienone is 2. The van der Waals surface area contributed by atoms with Gasteiger partial charge in [0.25, 0.3) is 0 Å². The second-order valence-corrected chi connectivity index (χ2v) is 12.3. The summed E-state index contributed by atoms with van der Waals surface area (Å²) >= 11 is 0. The van der Waals surface area contributed by atoms with Gasteiger partial charge in [-0.15, -0.1) is 0 Å². The minimum Gasteiger partial charge on any atom is -0.299 e. The number of nitrogens with zero attached hydrogens (tertiary/aromatic N) is 2. The van der Waals surface area contributed by atoms with E-state index in [-0.39, 0.29) is 6.29 Å². The number of hydrazine groups is 1. The Labute approximate surface area is 213 Å². The Kier molecular flexibility index (Phi) is 8.99. The number of Topliss-reactive ketones (excluding diaryl/α,β-unsaturated/α-hetero) is 1. The molecule has 2 N–H and O–H groups in total. The predicted molar refractivity (Wildman–Crippen MR) is 144 cm³/mol. The number of aliphatic imine (C=N–C) groups is 1. The van der Waals surface area contributed by atoms with Crippen molar-refractivity contribution in [1.29, 1.82) is 0 Å². The molecule has 0 spiro atoms. The maximum absolute atomic E-state index is 12.9. The molecule has 3 fully saturated rings. The zero-order valence-electron chi connectivity index (χ0n) is 22.3. The molecule has 196 valence electrons. The van der Waals surface area contributed by atoms with Crippen molar-refractivity contribution in [3.63, 3.8) is 0 Å². The van der Waals surface area contributed by atoms with E-state index in [1.54, 1.807) is 5.57 Å². The molecule has 0 amide bonds. The molecule has 2 saturated carbocycles. The summed E-state index contributed by atoms with van der Waals surface area (Å²) < 4.78 is 0. The highest BCUT2D eigenvalue weighted by atomic mass is 16.1. The van der Waals surface area contributed by atoms with E-state index in [2.05, 4.69) is 28.8 Å². The van der Waals surface area contributed by atoms with Gasteiger partial charge in [0.15, 0.2) is 6.29 Å². The van der Waals surface area contributed by atoms with Crippen molar-refractivity contribution in [3.8, 4) is 0 Å². The Morgan fingerprint density at radius 2 is 1.83 bits per heavy atom. The Balaban J connectivity index is 1.03. The number of amidine groups is 1. The van der Waals surface area contributed by atoms with Gasteiger partial charge in [0, 0.05) is 30.8 Å². The van der Waals surface area contributed by atoms with Gasteiger partial charge in [-0.25, -0.2) is 4.99 Å². The highest BCUT2D eigenvalue weighted by molar-refractivity contribution is 5.84. The molecule has 3 unspecified atom stereocenters. The van der Waals surface area contributed by atoms with Gasteiger partial charge >= 0.3 is 0 Å². The third kappa shape index (κ3) is 6.57. The van der Waals surface area contributed by atoms with E-state index in [1.807, 2.05) is 0 Å². The lowest BCUT2D eigenvalue weighted by atomic mass is 9.74. The molecule has 5 heteroatoms. The molecule has 2 aliphatic heterocycles. The zero-order valence-corrected chi connectivity index (χ0v) is 22.3. The third-order valence-corrected chi connectivity index (χ3v) is 9.91. The Morgan fingerprint density at radius 1 is 1.00 bits per heavy atom. The fraction of sp³-hybridized carbons (Fsp3) is 0.867. The van der Waals surface area contributed by atoms with Crippen LogP contribution in [0.2, 0.25) is 0 Å². The first-order valence-electron chi connectivity index (χ1n) is 15.2. The van der Waals surface area contributed by atoms with Gasteiger partial charge in [-0.05, 0) is 102 Å². The molecule has 5 nitrogen and oxygen atoms in total. The summed E-state index contributed by atoms with van der Waals surface area (Å²) in [5.74, 6) is 3.64. The van der Waals surface area contributed by atoms with Crippen LogP contribution in [0.5, 0.6) is 0 Å². The van der Waals surface area contributed by atoms with Crippen LogP contribution in [0.25, 0.3) is 0 Å². The van der Waals surface area contributed by atoms with Gasteiger partial charge in [-0.1, -0.05) is 37.3 Å². The lowest BCUT2D eigenvalue weighted by Crippen LogP contribution is -2.56. The topological polar surface area (TPSA) is 56.7 Å². The monoisotopic (exact) mass is 482 g/mol. The van der Waals surface area contributed by atoms with E-state index in [1.165, 1.54) is 95.7 Å². The van der Waals surface area contributed by atoms with Crippen molar-refractivity contribution >= 4 is 11.6 Å². The van der Waals surface area contributed by atoms with Gasteiger partial charge < -0.3 is 0 Å². The van der Waals surface area contributed by atoms with Crippen LogP contribution in [-0.4, -0.2) is 35.0 Å². The zero-order chi connectivity index (χ0) is 24.0. The van der Waals surface area contributed by atoms with E-state index in [9.17, 15) is 4.79 Å². The molecular formula is C30H50N4O. The molecule has 0 radical (unpaired) electrons. The number of carbonyl (C=O) groups excluding carboxylic acids is 1. The van der Waals surface area contributed by atoms with Crippen LogP contribution in [0, 0.1) is 17.8 Å². The number of hydrogen-bond acceptors (Lipinski definition) is 5. The van der Waals surface area contributed by atoms with E-state index in [0.29, 0.717) is 29.7 Å². The maximum atomic E-state index is 12.9. The van der Waals surface area contributed by atoms with E-state index >= 15 is 0 Å². The first-order valence-corrected chi connectivity index (χ1v) is 15.2. The van der Waals surface area contributed by atoms with E-state index < -0.39 is 0 Å². The highest BCUT2D eigenvalue weighted by Crippen LogP contribution is 2.38. The largest absolute Gasteiger partial charge is 0.299 e. The molecule has 3 aliphatic carbocycles. The summed E-state index contributed by atoms with van der Waals surface area (Å²) in [6, 6.07) is 1.18. The SMILES string of the molecule is CC1=CCCCC1CCCCC(=O)C1CCC(C2CCCC3=NC(NC4CCCCC4)NN32)CC1. The van der Waals surface area contributed by atoms with E-state index in [0.717, 1.165) is 38.0 Å². The summed E-state index contributed by atoms with van der Waals surface area (Å²) in [6.45, 7) is 2.31. The van der Waals surface area contributed by atoms with Crippen molar-refractivity contribution in [1.82, 2.24) is 15.8 Å². The quantitative estimate of drug-likeness (QED) is 0.285. The number of hydrogen-bond donors (Lipinski definition) is 2. The van der Waals surface area contributed by atoms with Crippen LogP contribution in [-0.2, 0) is 4.79 Å². The molecule has 35 heavy (non-hydrogen) atoms. The molecule has 2 heterocycles. The first kappa shape index (κ1) is 25.4. The molecule has 3 atom stereocenters. The third-order valence-electron chi connectivity index (χ3n) is 9.91. The molecule has 0 aromatic heterocycles. The fourth-order valence-electron chi connectivity index (χ4n) is 7.71. The minimum absolute atomic E-state index is 0.0690. The molecular weight excluding hydrogens is 432 g/mol. The molecule has 0 aromatic carbocycles. The van der Waals surface area contributed by atoms with Gasteiger partial charge in [-0.3, -0.25) is 15.1 Å². The standard InChI is InChI=1S/C30H50N4O/c1-22-10-5-6-11-23(22)12-7-8-16-28(35)25-20-18-24(19-21-25)27-15-9-17-29-32-30(33-34(27)29)31-26-13-3-2-4-14-26/h10,23-27,30-31,33H,2-9,11-21H2,1H3. The van der Waals surface area contributed by atoms with Gasteiger partial charge in [0.1, 0.15) is 11.6 Å². The Hall–Kier alpha value is -1.20. The highest BCUT2D eigenvalue weighted by Gasteiger charge is 2.40. The number of rotatable bonds is 9. The number of unbranched alkanes of at least 4 members (excludes halogenated alkanes) is 1. The van der Waals surface area contributed by atoms with Crippen molar-refractivity contribution in [3.05, 3.63) is 11.6 Å². The second kappa shape index (κ2) is 12.4.